The van der Waals surface area contributed by atoms with Crippen LogP contribution in [-0.2, 0) is 9.59 Å². The number of carbonyl (C=O) groups excluding carboxylic acids is 1. The number of hydrogen-bond donors (Lipinski definition) is 1. The Morgan fingerprint density at radius 3 is 1.73 bits per heavy atom. The highest BCUT2D eigenvalue weighted by molar-refractivity contribution is 5.73. The van der Waals surface area contributed by atoms with Crippen molar-refractivity contribution in [3.8, 4) is 12.3 Å². The molecule has 0 saturated heterocycles. The van der Waals surface area contributed by atoms with Gasteiger partial charge in [0, 0.05) is 0 Å². The van der Waals surface area contributed by atoms with Crippen molar-refractivity contribution in [2.45, 2.75) is 6.18 Å². The zero-order chi connectivity index (χ0) is 9.49. The Bertz CT molecular complexity index is 176. The molecule has 62 valence electrons. The summed E-state index contributed by atoms with van der Waals surface area (Å²) in [7, 11) is 0. The summed E-state index contributed by atoms with van der Waals surface area (Å²) in [5, 5.41) is 7.12. The maximum atomic E-state index is 10.6. The highest BCUT2D eigenvalue weighted by Crippen LogP contribution is 2.13. The predicted molar refractivity (Wildman–Crippen MR) is 28.6 cm³/mol. The maximum absolute atomic E-state index is 10.6. The highest BCUT2D eigenvalue weighted by atomic mass is 19.4. The minimum Gasteiger partial charge on any atom is -0.475 e. The predicted octanol–water partition coefficient (Wildman–Crippen LogP) is 0.452. The Labute approximate surface area is 59.8 Å². The van der Waals surface area contributed by atoms with Crippen molar-refractivity contribution >= 4 is 12.3 Å². The van der Waals surface area contributed by atoms with Crippen molar-refractivity contribution in [1.82, 2.24) is 0 Å². The maximum Gasteiger partial charge on any atom is 0.490 e. The molecule has 0 aromatic heterocycles. The first-order valence-corrected chi connectivity index (χ1v) is 2.06. The largest absolute Gasteiger partial charge is 0.490 e. The topological polar surface area (TPSA) is 54.4 Å². The van der Waals surface area contributed by atoms with Gasteiger partial charge in [-0.05, 0) is 5.92 Å². The van der Waals surface area contributed by atoms with Gasteiger partial charge < -0.3 is 5.11 Å². The summed E-state index contributed by atoms with van der Waals surface area (Å²) in [4.78, 5) is 17.8. The van der Waals surface area contributed by atoms with E-state index < -0.39 is 12.1 Å². The smallest absolute Gasteiger partial charge is 0.475 e. The van der Waals surface area contributed by atoms with Gasteiger partial charge in [-0.15, -0.1) is 6.42 Å². The molecule has 0 spiro atoms. The second-order valence-electron chi connectivity index (χ2n) is 1.09. The van der Waals surface area contributed by atoms with E-state index in [2.05, 4.69) is 6.42 Å². The molecular weight excluding hydrogens is 165 g/mol. The number of alkyl halides is 3. The molecule has 0 amide bonds. The minimum atomic E-state index is -5.08. The molecule has 6 heteroatoms. The van der Waals surface area contributed by atoms with Crippen molar-refractivity contribution in [1.29, 1.82) is 0 Å². The molecule has 0 radical (unpaired) electrons. The van der Waals surface area contributed by atoms with Crippen LogP contribution in [0.1, 0.15) is 0 Å². The number of halogens is 3. The van der Waals surface area contributed by atoms with E-state index in [0.717, 1.165) is 0 Å². The van der Waals surface area contributed by atoms with Crippen molar-refractivity contribution in [3.63, 3.8) is 0 Å². The van der Waals surface area contributed by atoms with Gasteiger partial charge in [-0.3, -0.25) is 4.79 Å². The molecule has 0 aromatic carbocycles. The molecule has 3 nitrogen and oxygen atoms in total. The molecule has 0 saturated carbocycles. The molecule has 0 unspecified atom stereocenters. The van der Waals surface area contributed by atoms with Crippen molar-refractivity contribution in [2.75, 3.05) is 0 Å². The zero-order valence-electron chi connectivity index (χ0n) is 5.05. The summed E-state index contributed by atoms with van der Waals surface area (Å²) >= 11 is 0. The fraction of sp³-hybridized carbons (Fsp3) is 0.200. The first-order valence-electron chi connectivity index (χ1n) is 2.06. The second-order valence-corrected chi connectivity index (χ2v) is 1.09. The number of aliphatic carboxylic acids is 1. The third-order valence-electron chi connectivity index (χ3n) is 0.311. The van der Waals surface area contributed by atoms with E-state index in [1.807, 2.05) is 0 Å². The number of terminal acetylenes is 1. The Morgan fingerprint density at radius 2 is 1.73 bits per heavy atom. The van der Waals surface area contributed by atoms with E-state index in [9.17, 15) is 13.2 Å². The lowest BCUT2D eigenvalue weighted by Crippen LogP contribution is -2.21. The zero-order valence-corrected chi connectivity index (χ0v) is 5.05. The fourth-order valence-corrected chi connectivity index (χ4v) is 0. The first kappa shape index (κ1) is 12.2. The number of rotatable bonds is 0. The Hall–Kier alpha value is -1.51. The van der Waals surface area contributed by atoms with E-state index in [0.29, 0.717) is 6.29 Å². The van der Waals surface area contributed by atoms with Crippen LogP contribution in [0.15, 0.2) is 0 Å². The summed E-state index contributed by atoms with van der Waals surface area (Å²) in [6.07, 6.45) is -0.271. The van der Waals surface area contributed by atoms with Crippen LogP contribution in [0.3, 0.4) is 0 Å². The molecule has 0 fully saturated rings. The van der Waals surface area contributed by atoms with Crippen LogP contribution in [0.5, 0.6) is 0 Å². The number of carbonyl (C=O) groups is 2. The van der Waals surface area contributed by atoms with Gasteiger partial charge >= 0.3 is 12.1 Å². The van der Waals surface area contributed by atoms with Gasteiger partial charge in [0.1, 0.15) is 0 Å². The van der Waals surface area contributed by atoms with E-state index in [4.69, 9.17) is 14.7 Å². The molecule has 0 atom stereocenters. The molecule has 0 aliphatic carbocycles. The molecule has 0 rings (SSSR count). The number of carboxylic acids is 1. The summed E-state index contributed by atoms with van der Waals surface area (Å²) in [5.41, 5.74) is 0. The normalized spacial score (nSPS) is 8.55. The van der Waals surface area contributed by atoms with Crippen LogP contribution in [0.2, 0.25) is 0 Å². The third kappa shape index (κ3) is 11.9. The van der Waals surface area contributed by atoms with Gasteiger partial charge in [0.25, 0.3) is 0 Å². The Kier molecular flexibility index (Phi) is 5.86. The fourth-order valence-electron chi connectivity index (χ4n) is 0. The first-order chi connectivity index (χ1) is 4.86. The monoisotopic (exact) mass is 168 g/mol. The molecule has 0 bridgehead atoms. The Morgan fingerprint density at radius 1 is 1.55 bits per heavy atom. The second kappa shape index (κ2) is 5.29. The van der Waals surface area contributed by atoms with Crippen LogP contribution in [-0.4, -0.2) is 23.5 Å². The average molecular weight is 168 g/mol. The summed E-state index contributed by atoms with van der Waals surface area (Å²) in [6, 6.07) is 0. The Balaban J connectivity index is 0. The van der Waals surface area contributed by atoms with Crippen LogP contribution >= 0.6 is 0 Å². The van der Waals surface area contributed by atoms with Gasteiger partial charge in [-0.25, -0.2) is 4.79 Å². The van der Waals surface area contributed by atoms with Gasteiger partial charge in [-0.1, -0.05) is 0 Å². The van der Waals surface area contributed by atoms with Gasteiger partial charge in [-0.2, -0.15) is 13.2 Å². The van der Waals surface area contributed by atoms with Crippen molar-refractivity contribution in [2.24, 2.45) is 0 Å². The average Bonchev–Trinajstić information content (AvgIpc) is 1.87. The summed E-state index contributed by atoms with van der Waals surface area (Å²) in [6.45, 7) is 0. The minimum absolute atomic E-state index is 0.403. The molecule has 1 N–H and O–H groups in total. The van der Waals surface area contributed by atoms with Crippen LogP contribution in [0, 0.1) is 12.3 Å². The van der Waals surface area contributed by atoms with E-state index in [1.165, 1.54) is 0 Å². The SMILES string of the molecule is C#CC=O.O=C(O)C(F)(F)F. The van der Waals surface area contributed by atoms with Gasteiger partial charge in [0.2, 0.25) is 0 Å². The molecular formula is C5H3F3O3. The van der Waals surface area contributed by atoms with Gasteiger partial charge in [0.05, 0.1) is 0 Å². The molecule has 11 heavy (non-hydrogen) atoms. The number of aldehydes is 1. The lowest BCUT2D eigenvalue weighted by molar-refractivity contribution is -0.192. The summed E-state index contributed by atoms with van der Waals surface area (Å²) in [5.74, 6) is -1.01. The lowest BCUT2D eigenvalue weighted by atomic mass is 10.7. The standard InChI is InChI=1S/C3H2O.C2HF3O2/c1-2-3-4;3-2(4,5)1(6)7/h1,3H;(H,6,7). The van der Waals surface area contributed by atoms with E-state index in [1.54, 1.807) is 5.92 Å². The van der Waals surface area contributed by atoms with Crippen molar-refractivity contribution < 1.29 is 27.9 Å². The molecule has 0 aliphatic rings. The molecule has 0 heterocycles. The van der Waals surface area contributed by atoms with E-state index >= 15 is 0 Å². The van der Waals surface area contributed by atoms with E-state index in [-0.39, 0.29) is 0 Å². The molecule has 0 aromatic rings. The highest BCUT2D eigenvalue weighted by Gasteiger charge is 2.38. The summed E-state index contributed by atoms with van der Waals surface area (Å²) < 4.78 is 31.7. The van der Waals surface area contributed by atoms with Crippen molar-refractivity contribution in [3.05, 3.63) is 0 Å². The molecule has 0 aliphatic heterocycles. The number of hydrogen-bond acceptors (Lipinski definition) is 2. The van der Waals surface area contributed by atoms with Crippen LogP contribution < -0.4 is 0 Å². The van der Waals surface area contributed by atoms with Crippen LogP contribution in [0.4, 0.5) is 13.2 Å². The van der Waals surface area contributed by atoms with Gasteiger partial charge in [0.15, 0.2) is 6.29 Å². The lowest BCUT2D eigenvalue weighted by Gasteiger charge is -1.93. The third-order valence-corrected chi connectivity index (χ3v) is 0.311. The number of carboxylic acid groups (broad SMARTS) is 1. The quantitative estimate of drug-likeness (QED) is 0.422. The van der Waals surface area contributed by atoms with Crippen LogP contribution in [0.25, 0.3) is 0 Å².